The smallest absolute Gasteiger partial charge is 0.225 e. The predicted molar refractivity (Wildman–Crippen MR) is 95.8 cm³/mol. The van der Waals surface area contributed by atoms with E-state index in [9.17, 15) is 0 Å². The molecule has 0 aliphatic carbocycles. The van der Waals surface area contributed by atoms with Gasteiger partial charge in [-0.25, -0.2) is 4.98 Å². The van der Waals surface area contributed by atoms with Crippen LogP contribution in [0.25, 0.3) is 0 Å². The number of aromatic nitrogens is 3. The molecule has 3 rings (SSSR count). The number of halogens is 1. The van der Waals surface area contributed by atoms with Gasteiger partial charge in [0.05, 0.1) is 5.69 Å². The Kier molecular flexibility index (Phi) is 4.83. The first-order valence-electron chi connectivity index (χ1n) is 7.21. The fraction of sp³-hybridized carbons (Fsp3) is 0.118. The Bertz CT molecular complexity index is 792. The van der Waals surface area contributed by atoms with E-state index in [2.05, 4.69) is 41.5 Å². The van der Waals surface area contributed by atoms with Gasteiger partial charge in [0.2, 0.25) is 5.95 Å². The molecule has 0 amide bonds. The number of rotatable bonds is 5. The van der Waals surface area contributed by atoms with E-state index in [1.165, 1.54) is 0 Å². The zero-order valence-corrected chi connectivity index (χ0v) is 14.2. The molecule has 0 aliphatic heterocycles. The normalized spacial score (nSPS) is 10.3. The summed E-state index contributed by atoms with van der Waals surface area (Å²) >= 11 is 3.52. The summed E-state index contributed by atoms with van der Waals surface area (Å²) in [6, 6.07) is 13.8. The number of benzene rings is 1. The van der Waals surface area contributed by atoms with Crippen molar-refractivity contribution in [2.75, 3.05) is 10.6 Å². The van der Waals surface area contributed by atoms with Crippen LogP contribution in [0.5, 0.6) is 0 Å². The second-order valence-corrected chi connectivity index (χ2v) is 5.89. The highest BCUT2D eigenvalue weighted by Gasteiger charge is 2.05. The molecule has 0 saturated carbocycles. The molecule has 1 aromatic carbocycles. The third kappa shape index (κ3) is 4.26. The van der Waals surface area contributed by atoms with Gasteiger partial charge in [0.25, 0.3) is 0 Å². The molecule has 0 fully saturated rings. The molecule has 0 bridgehead atoms. The predicted octanol–water partition coefficient (Wildman–Crippen LogP) is 4.30. The van der Waals surface area contributed by atoms with Crippen molar-refractivity contribution in [3.05, 3.63) is 70.6 Å². The number of pyridine rings is 1. The second kappa shape index (κ2) is 7.19. The summed E-state index contributed by atoms with van der Waals surface area (Å²) in [4.78, 5) is 13.0. The number of aryl methyl sites for hydroxylation is 1. The van der Waals surface area contributed by atoms with Gasteiger partial charge in [0.1, 0.15) is 5.82 Å². The van der Waals surface area contributed by atoms with E-state index < -0.39 is 0 Å². The average Bonchev–Trinajstić information content (AvgIpc) is 2.56. The molecule has 0 spiro atoms. The van der Waals surface area contributed by atoms with Gasteiger partial charge in [-0.05, 0) is 46.6 Å². The highest BCUT2D eigenvalue weighted by molar-refractivity contribution is 9.10. The molecule has 23 heavy (non-hydrogen) atoms. The molecule has 3 aromatic rings. The van der Waals surface area contributed by atoms with Crippen LogP contribution in [0.15, 0.2) is 59.3 Å². The topological polar surface area (TPSA) is 62.7 Å². The Morgan fingerprint density at radius 2 is 1.96 bits per heavy atom. The quantitative estimate of drug-likeness (QED) is 0.701. The number of para-hydroxylation sites is 1. The van der Waals surface area contributed by atoms with Gasteiger partial charge in [-0.15, -0.1) is 0 Å². The Balaban J connectivity index is 1.75. The fourth-order valence-electron chi connectivity index (χ4n) is 2.10. The highest BCUT2D eigenvalue weighted by Crippen LogP contribution is 2.25. The first kappa shape index (κ1) is 15.4. The molecular formula is C17H16BrN5. The standard InChI is InChI=1S/C17H16BrN5/c1-12-9-16(22-15-7-3-2-6-14(15)18)23-17(21-12)20-11-13-5-4-8-19-10-13/h2-10H,11H2,1H3,(H2,20,21,22,23). The van der Waals surface area contributed by atoms with Gasteiger partial charge < -0.3 is 10.6 Å². The Morgan fingerprint density at radius 3 is 2.74 bits per heavy atom. The maximum absolute atomic E-state index is 4.51. The third-order valence-electron chi connectivity index (χ3n) is 3.16. The summed E-state index contributed by atoms with van der Waals surface area (Å²) in [6.07, 6.45) is 3.58. The number of hydrogen-bond donors (Lipinski definition) is 2. The van der Waals surface area contributed by atoms with E-state index in [0.717, 1.165) is 27.2 Å². The van der Waals surface area contributed by atoms with Gasteiger partial charge in [0.15, 0.2) is 0 Å². The van der Waals surface area contributed by atoms with Crippen molar-refractivity contribution in [2.45, 2.75) is 13.5 Å². The SMILES string of the molecule is Cc1cc(Nc2ccccc2Br)nc(NCc2cccnc2)n1. The summed E-state index contributed by atoms with van der Waals surface area (Å²) in [7, 11) is 0. The molecule has 116 valence electrons. The van der Waals surface area contributed by atoms with Crippen LogP contribution in [-0.2, 0) is 6.54 Å². The lowest BCUT2D eigenvalue weighted by Gasteiger charge is -2.11. The molecule has 0 atom stereocenters. The lowest BCUT2D eigenvalue weighted by atomic mass is 10.3. The third-order valence-corrected chi connectivity index (χ3v) is 3.86. The first-order chi connectivity index (χ1) is 11.2. The van der Waals surface area contributed by atoms with Crippen LogP contribution in [-0.4, -0.2) is 15.0 Å². The number of nitrogens with one attached hydrogen (secondary N) is 2. The molecule has 0 unspecified atom stereocenters. The maximum Gasteiger partial charge on any atom is 0.225 e. The molecular weight excluding hydrogens is 354 g/mol. The Labute approximate surface area is 143 Å². The van der Waals surface area contributed by atoms with Crippen molar-refractivity contribution in [2.24, 2.45) is 0 Å². The van der Waals surface area contributed by atoms with Gasteiger partial charge in [-0.3, -0.25) is 4.98 Å². The molecule has 6 heteroatoms. The van der Waals surface area contributed by atoms with Gasteiger partial charge >= 0.3 is 0 Å². The van der Waals surface area contributed by atoms with Gasteiger partial charge in [-0.2, -0.15) is 4.98 Å². The van der Waals surface area contributed by atoms with Crippen molar-refractivity contribution in [3.63, 3.8) is 0 Å². The average molecular weight is 370 g/mol. The van der Waals surface area contributed by atoms with Crippen molar-refractivity contribution in [3.8, 4) is 0 Å². The van der Waals surface area contributed by atoms with E-state index in [1.54, 1.807) is 6.20 Å². The van der Waals surface area contributed by atoms with Crippen molar-refractivity contribution >= 4 is 33.4 Å². The zero-order valence-electron chi connectivity index (χ0n) is 12.6. The highest BCUT2D eigenvalue weighted by atomic mass is 79.9. The summed E-state index contributed by atoms with van der Waals surface area (Å²) in [5.74, 6) is 1.33. The van der Waals surface area contributed by atoms with Crippen LogP contribution in [0.3, 0.4) is 0 Å². The molecule has 5 nitrogen and oxygen atoms in total. The van der Waals surface area contributed by atoms with Crippen molar-refractivity contribution < 1.29 is 0 Å². The van der Waals surface area contributed by atoms with Gasteiger partial charge in [-0.1, -0.05) is 18.2 Å². The van der Waals surface area contributed by atoms with E-state index >= 15 is 0 Å². The summed E-state index contributed by atoms with van der Waals surface area (Å²) in [6.45, 7) is 2.58. The minimum absolute atomic E-state index is 0.586. The fourth-order valence-corrected chi connectivity index (χ4v) is 2.48. The lowest BCUT2D eigenvalue weighted by molar-refractivity contribution is 1.02. The van der Waals surface area contributed by atoms with Crippen molar-refractivity contribution in [1.82, 2.24) is 15.0 Å². The summed E-state index contributed by atoms with van der Waals surface area (Å²) < 4.78 is 0.987. The Hall–Kier alpha value is -2.47. The minimum atomic E-state index is 0.586. The van der Waals surface area contributed by atoms with E-state index in [1.807, 2.05) is 55.6 Å². The van der Waals surface area contributed by atoms with Gasteiger partial charge in [0, 0.05) is 35.2 Å². The first-order valence-corrected chi connectivity index (χ1v) is 8.00. The van der Waals surface area contributed by atoms with E-state index in [-0.39, 0.29) is 0 Å². The monoisotopic (exact) mass is 369 g/mol. The Morgan fingerprint density at radius 1 is 1.09 bits per heavy atom. The zero-order chi connectivity index (χ0) is 16.1. The molecule has 0 radical (unpaired) electrons. The number of nitrogens with zero attached hydrogens (tertiary/aromatic N) is 3. The van der Waals surface area contributed by atoms with Crippen LogP contribution < -0.4 is 10.6 Å². The van der Waals surface area contributed by atoms with Crippen LogP contribution in [0.1, 0.15) is 11.3 Å². The molecule has 2 N–H and O–H groups in total. The summed E-state index contributed by atoms with van der Waals surface area (Å²) in [5, 5.41) is 6.53. The largest absolute Gasteiger partial charge is 0.350 e. The van der Waals surface area contributed by atoms with Crippen LogP contribution in [0.2, 0.25) is 0 Å². The van der Waals surface area contributed by atoms with Crippen LogP contribution in [0.4, 0.5) is 17.5 Å². The maximum atomic E-state index is 4.51. The second-order valence-electron chi connectivity index (χ2n) is 5.04. The molecule has 2 heterocycles. The molecule has 0 saturated heterocycles. The molecule has 0 aliphatic rings. The summed E-state index contributed by atoms with van der Waals surface area (Å²) in [5.41, 5.74) is 2.94. The van der Waals surface area contributed by atoms with E-state index in [0.29, 0.717) is 12.5 Å². The number of hydrogen-bond acceptors (Lipinski definition) is 5. The lowest BCUT2D eigenvalue weighted by Crippen LogP contribution is -2.06. The van der Waals surface area contributed by atoms with Crippen LogP contribution >= 0.6 is 15.9 Å². The van der Waals surface area contributed by atoms with Crippen LogP contribution in [0, 0.1) is 6.92 Å². The number of anilines is 3. The van der Waals surface area contributed by atoms with E-state index in [4.69, 9.17) is 0 Å². The molecule has 2 aromatic heterocycles. The minimum Gasteiger partial charge on any atom is -0.350 e. The van der Waals surface area contributed by atoms with Crippen molar-refractivity contribution in [1.29, 1.82) is 0 Å².